The Labute approximate surface area is 464 Å². The van der Waals surface area contributed by atoms with Crippen LogP contribution in [-0.4, -0.2) is 58.9 Å². The van der Waals surface area contributed by atoms with Crippen molar-refractivity contribution in [2.75, 3.05) is 13.2 Å². The van der Waals surface area contributed by atoms with Gasteiger partial charge in [0, 0.05) is 24.3 Å². The number of unbranched alkanes of at least 4 members (excludes halogenated alkanes) is 4. The fraction of sp³-hybridized carbons (Fsp3) is 0.213. The molecule has 7 aromatic rings. The van der Waals surface area contributed by atoms with Crippen LogP contribution in [0, 0.1) is 27.2 Å². The van der Waals surface area contributed by atoms with Crippen LogP contribution < -0.4 is 28.4 Å². The highest BCUT2D eigenvalue weighted by atomic mass is 16.6. The predicted octanol–water partition coefficient (Wildman–Crippen LogP) is 12.5. The Hall–Kier alpha value is -10.2. The van der Waals surface area contributed by atoms with Crippen LogP contribution >= 0.6 is 0 Å². The number of esters is 6. The second-order valence-electron chi connectivity index (χ2n) is 18.0. The van der Waals surface area contributed by atoms with Crippen molar-refractivity contribution in [3.63, 3.8) is 0 Å². The molecule has 0 N–H and O–H groups in total. The first-order chi connectivity index (χ1) is 39.1. The SMILES string of the molecule is CCCCCOc1ccc(C(=O)Oc2ccc(OC(=O)c3cccc(C(=O)Oc4ccc(OC(=O)c5ccc(OCCCCC)cc5)cc4C(=O)OCc4ccc([N+](=O)[O-])cc4)c3C)c(C(=O)OCc3ccc([N+](=O)[O-])cc3)c2)cc1. The van der Waals surface area contributed by atoms with Gasteiger partial charge in [-0.1, -0.05) is 45.6 Å². The molecule has 0 atom stereocenters. The normalized spacial score (nSPS) is 10.7. The molecular formula is C61H54N2O18. The zero-order valence-corrected chi connectivity index (χ0v) is 44.2. The highest BCUT2D eigenvalue weighted by molar-refractivity contribution is 6.02. The van der Waals surface area contributed by atoms with Crippen molar-refractivity contribution < 1.29 is 76.5 Å². The minimum Gasteiger partial charge on any atom is -0.494 e. The second kappa shape index (κ2) is 28.4. The number of non-ortho nitro benzene ring substituents is 2. The van der Waals surface area contributed by atoms with Gasteiger partial charge in [-0.25, -0.2) is 28.8 Å². The van der Waals surface area contributed by atoms with Gasteiger partial charge >= 0.3 is 35.8 Å². The van der Waals surface area contributed by atoms with Crippen LogP contribution in [0.1, 0.15) is 131 Å². The van der Waals surface area contributed by atoms with Crippen LogP contribution in [0.2, 0.25) is 0 Å². The molecule has 0 spiro atoms. The zero-order valence-electron chi connectivity index (χ0n) is 44.2. The van der Waals surface area contributed by atoms with Gasteiger partial charge in [0.15, 0.2) is 0 Å². The molecule has 0 amide bonds. The van der Waals surface area contributed by atoms with Crippen LogP contribution in [0.3, 0.4) is 0 Å². The van der Waals surface area contributed by atoms with E-state index in [1.165, 1.54) is 122 Å². The summed E-state index contributed by atoms with van der Waals surface area (Å²) >= 11 is 0. The van der Waals surface area contributed by atoms with Crippen LogP contribution in [0.25, 0.3) is 0 Å². The summed E-state index contributed by atoms with van der Waals surface area (Å²) in [7, 11) is 0. The summed E-state index contributed by atoms with van der Waals surface area (Å²) in [5.41, 5.74) is -0.265. The van der Waals surface area contributed by atoms with E-state index in [4.69, 9.17) is 37.9 Å². The molecule has 0 aliphatic carbocycles. The van der Waals surface area contributed by atoms with E-state index in [1.807, 2.05) is 0 Å². The van der Waals surface area contributed by atoms with E-state index >= 15 is 0 Å². The summed E-state index contributed by atoms with van der Waals surface area (Å²) in [6.45, 7) is 5.89. The van der Waals surface area contributed by atoms with E-state index in [2.05, 4.69) is 13.8 Å². The zero-order chi connectivity index (χ0) is 57.8. The molecule has 416 valence electrons. The molecule has 20 heteroatoms. The lowest BCUT2D eigenvalue weighted by Gasteiger charge is -2.15. The minimum absolute atomic E-state index is 0.0444. The third kappa shape index (κ3) is 16.4. The standard InChI is InChI=1S/C61H54N2O18/c1-4-6-8-33-74-46-25-17-42(18-26-46)56(64)78-48-29-31-54(52(35-48)58(66)76-37-40-13-21-44(22-14-40)62(70)71)80-60(68)50-11-10-12-51(39(50)3)61(69)81-55-32-30-49(79-57(65)43-19-27-47(28-20-43)75-34-9-7-5-2)36-53(55)59(67)77-38-41-15-23-45(24-16-41)63(72)73/h10-32,35-36H,4-9,33-34,37-38H2,1-3H3. The van der Waals surface area contributed by atoms with E-state index in [9.17, 15) is 49.0 Å². The molecule has 7 aromatic carbocycles. The number of nitrogens with zero attached hydrogens (tertiary/aromatic N) is 2. The molecule has 81 heavy (non-hydrogen) atoms. The predicted molar refractivity (Wildman–Crippen MR) is 291 cm³/mol. The maximum absolute atomic E-state index is 14.1. The number of ether oxygens (including phenoxy) is 8. The van der Waals surface area contributed by atoms with Crippen molar-refractivity contribution in [2.24, 2.45) is 0 Å². The molecule has 0 aliphatic heterocycles. The summed E-state index contributed by atoms with van der Waals surface area (Å²) < 4.78 is 45.2. The largest absolute Gasteiger partial charge is 0.494 e. The van der Waals surface area contributed by atoms with Gasteiger partial charge in [0.25, 0.3) is 11.4 Å². The summed E-state index contributed by atoms with van der Waals surface area (Å²) in [4.78, 5) is 103. The molecule has 0 aromatic heterocycles. The van der Waals surface area contributed by atoms with Gasteiger partial charge in [-0.15, -0.1) is 0 Å². The second-order valence-corrected chi connectivity index (χ2v) is 18.0. The molecule has 0 saturated heterocycles. The number of benzene rings is 7. The average Bonchev–Trinajstić information content (AvgIpc) is 3.58. The summed E-state index contributed by atoms with van der Waals surface area (Å²) in [6, 6.07) is 34.3. The van der Waals surface area contributed by atoms with E-state index in [1.54, 1.807) is 24.3 Å². The summed E-state index contributed by atoms with van der Waals surface area (Å²) in [5.74, 6) is -5.56. The van der Waals surface area contributed by atoms with Crippen molar-refractivity contribution >= 4 is 47.2 Å². The maximum atomic E-state index is 14.1. The van der Waals surface area contributed by atoms with Crippen molar-refractivity contribution in [1.29, 1.82) is 0 Å². The molecule has 0 aliphatic rings. The van der Waals surface area contributed by atoms with E-state index in [-0.39, 0.29) is 86.5 Å². The number of rotatable bonds is 26. The van der Waals surface area contributed by atoms with Gasteiger partial charge < -0.3 is 37.9 Å². The molecule has 0 saturated carbocycles. The van der Waals surface area contributed by atoms with E-state index in [0.717, 1.165) is 50.7 Å². The smallest absolute Gasteiger partial charge is 0.343 e. The van der Waals surface area contributed by atoms with Crippen LogP contribution in [0.5, 0.6) is 34.5 Å². The average molecular weight is 1100 g/mol. The monoisotopic (exact) mass is 1100 g/mol. The number of carbonyl (C=O) groups is 6. The number of carbonyl (C=O) groups excluding carboxylic acids is 6. The molecule has 20 nitrogen and oxygen atoms in total. The van der Waals surface area contributed by atoms with Crippen LogP contribution in [-0.2, 0) is 22.7 Å². The minimum atomic E-state index is -1.05. The Balaban J connectivity index is 1.10. The maximum Gasteiger partial charge on any atom is 0.343 e. The third-order valence-electron chi connectivity index (χ3n) is 12.2. The van der Waals surface area contributed by atoms with Gasteiger partial charge in [0.2, 0.25) is 0 Å². The highest BCUT2D eigenvalue weighted by Gasteiger charge is 2.26. The molecule has 0 unspecified atom stereocenters. The fourth-order valence-electron chi connectivity index (χ4n) is 7.70. The Bertz CT molecular complexity index is 3190. The molecule has 0 heterocycles. The van der Waals surface area contributed by atoms with Crippen molar-refractivity contribution in [1.82, 2.24) is 0 Å². The summed E-state index contributed by atoms with van der Waals surface area (Å²) in [5, 5.41) is 22.4. The summed E-state index contributed by atoms with van der Waals surface area (Å²) in [6.07, 6.45) is 5.82. The van der Waals surface area contributed by atoms with Crippen molar-refractivity contribution in [2.45, 2.75) is 72.5 Å². The third-order valence-corrected chi connectivity index (χ3v) is 12.2. The van der Waals surface area contributed by atoms with E-state index in [0.29, 0.717) is 35.8 Å². The van der Waals surface area contributed by atoms with Gasteiger partial charge in [-0.3, -0.25) is 20.2 Å². The first-order valence-corrected chi connectivity index (χ1v) is 25.6. The molecular weight excluding hydrogens is 1050 g/mol. The van der Waals surface area contributed by atoms with Crippen LogP contribution in [0.15, 0.2) is 152 Å². The highest BCUT2D eigenvalue weighted by Crippen LogP contribution is 2.31. The molecule has 7 rings (SSSR count). The van der Waals surface area contributed by atoms with Gasteiger partial charge in [0.1, 0.15) is 58.8 Å². The van der Waals surface area contributed by atoms with Gasteiger partial charge in [-0.05, 0) is 158 Å². The Morgan fingerprint density at radius 1 is 0.407 bits per heavy atom. The first-order valence-electron chi connectivity index (χ1n) is 25.6. The molecule has 0 radical (unpaired) electrons. The molecule has 0 fully saturated rings. The first kappa shape index (κ1) is 58.4. The van der Waals surface area contributed by atoms with E-state index < -0.39 is 45.7 Å². The fourth-order valence-corrected chi connectivity index (χ4v) is 7.70. The Morgan fingerprint density at radius 2 is 0.778 bits per heavy atom. The number of nitro groups is 2. The lowest BCUT2D eigenvalue weighted by Crippen LogP contribution is -2.18. The van der Waals surface area contributed by atoms with Crippen LogP contribution in [0.4, 0.5) is 11.4 Å². The van der Waals surface area contributed by atoms with Gasteiger partial charge in [0.05, 0.1) is 45.3 Å². The van der Waals surface area contributed by atoms with Crippen molar-refractivity contribution in [3.05, 3.63) is 222 Å². The topological polar surface area (TPSA) is 263 Å². The Morgan fingerprint density at radius 3 is 1.14 bits per heavy atom. The lowest BCUT2D eigenvalue weighted by atomic mass is 10.0. The van der Waals surface area contributed by atoms with Crippen molar-refractivity contribution in [3.8, 4) is 34.5 Å². The Kier molecular flexibility index (Phi) is 20.5. The molecule has 0 bridgehead atoms. The quantitative estimate of drug-likeness (QED) is 0.0160. The number of nitro benzene ring substituents is 2. The lowest BCUT2D eigenvalue weighted by molar-refractivity contribution is -0.385. The number of hydrogen-bond donors (Lipinski definition) is 0. The van der Waals surface area contributed by atoms with Gasteiger partial charge in [-0.2, -0.15) is 0 Å². The number of hydrogen-bond acceptors (Lipinski definition) is 18.